The molecule has 2 N–H and O–H groups in total. The average Bonchev–Trinajstić information content (AvgIpc) is 2.57. The van der Waals surface area contributed by atoms with Gasteiger partial charge in [-0.05, 0) is 13.3 Å². The third-order valence-electron chi connectivity index (χ3n) is 2.62. The molecule has 98 valence electrons. The molecule has 1 fully saturated rings. The molecule has 0 radical (unpaired) electrons. The van der Waals surface area contributed by atoms with E-state index in [4.69, 9.17) is 0 Å². The molecule has 1 aliphatic heterocycles. The minimum absolute atomic E-state index is 0.115. The maximum atomic E-state index is 13.7. The Kier molecular flexibility index (Phi) is 3.91. The minimum Gasteiger partial charge on any atom is -0.354 e. The number of nitrogens with one attached hydrogen (secondary N) is 2. The van der Waals surface area contributed by atoms with Crippen LogP contribution in [0, 0.1) is 5.82 Å². The van der Waals surface area contributed by atoms with E-state index in [1.54, 1.807) is 4.90 Å². The van der Waals surface area contributed by atoms with Crippen molar-refractivity contribution in [2.75, 3.05) is 36.4 Å². The van der Waals surface area contributed by atoms with Gasteiger partial charge >= 0.3 is 0 Å². The number of rotatable bonds is 3. The monoisotopic (exact) mass is 253 g/mol. The number of anilines is 2. The van der Waals surface area contributed by atoms with Gasteiger partial charge in [-0.3, -0.25) is 4.79 Å². The van der Waals surface area contributed by atoms with Crippen molar-refractivity contribution in [1.82, 2.24) is 15.3 Å². The molecular weight excluding hydrogens is 237 g/mol. The van der Waals surface area contributed by atoms with Crippen LogP contribution in [-0.2, 0) is 4.79 Å². The Morgan fingerprint density at radius 1 is 1.61 bits per heavy atom. The molecule has 0 aliphatic carbocycles. The standard InChI is InChI=1S/C11H16FN5O/c1-2-13-11-15-6-8(12)10(16-11)17-5-3-4-14-9(18)7-17/h6H,2-5,7H2,1H3,(H,14,18)(H,13,15,16). The second-order valence-electron chi connectivity index (χ2n) is 4.02. The third-order valence-corrected chi connectivity index (χ3v) is 2.62. The maximum absolute atomic E-state index is 13.7. The molecule has 2 heterocycles. The van der Waals surface area contributed by atoms with Gasteiger partial charge in [0.05, 0.1) is 12.7 Å². The van der Waals surface area contributed by atoms with Gasteiger partial charge in [-0.15, -0.1) is 0 Å². The summed E-state index contributed by atoms with van der Waals surface area (Å²) in [5, 5.41) is 5.67. The summed E-state index contributed by atoms with van der Waals surface area (Å²) in [6.45, 7) is 3.90. The average molecular weight is 253 g/mol. The van der Waals surface area contributed by atoms with E-state index in [9.17, 15) is 9.18 Å². The summed E-state index contributed by atoms with van der Waals surface area (Å²) >= 11 is 0. The first kappa shape index (κ1) is 12.5. The van der Waals surface area contributed by atoms with Crippen molar-refractivity contribution in [2.45, 2.75) is 13.3 Å². The fourth-order valence-corrected chi connectivity index (χ4v) is 1.81. The molecule has 1 aromatic heterocycles. The number of carbonyl (C=O) groups is 1. The van der Waals surface area contributed by atoms with Crippen molar-refractivity contribution < 1.29 is 9.18 Å². The van der Waals surface area contributed by atoms with Crippen LogP contribution in [0.15, 0.2) is 6.20 Å². The quantitative estimate of drug-likeness (QED) is 0.814. The van der Waals surface area contributed by atoms with Crippen molar-refractivity contribution in [1.29, 1.82) is 0 Å². The van der Waals surface area contributed by atoms with Crippen molar-refractivity contribution >= 4 is 17.7 Å². The lowest BCUT2D eigenvalue weighted by atomic mass is 10.4. The van der Waals surface area contributed by atoms with Crippen LogP contribution in [0.3, 0.4) is 0 Å². The number of hydrogen-bond acceptors (Lipinski definition) is 5. The zero-order chi connectivity index (χ0) is 13.0. The Morgan fingerprint density at radius 2 is 2.44 bits per heavy atom. The summed E-state index contributed by atoms with van der Waals surface area (Å²) in [6, 6.07) is 0. The third kappa shape index (κ3) is 2.85. The summed E-state index contributed by atoms with van der Waals surface area (Å²) < 4.78 is 13.7. The second-order valence-corrected chi connectivity index (χ2v) is 4.02. The van der Waals surface area contributed by atoms with Gasteiger partial charge in [-0.1, -0.05) is 0 Å². The topological polar surface area (TPSA) is 70.2 Å². The molecule has 0 aromatic carbocycles. The molecule has 0 atom stereocenters. The van der Waals surface area contributed by atoms with Gasteiger partial charge in [-0.25, -0.2) is 9.37 Å². The molecule has 0 bridgehead atoms. The van der Waals surface area contributed by atoms with Gasteiger partial charge in [0.2, 0.25) is 11.9 Å². The molecule has 7 heteroatoms. The normalized spacial score (nSPS) is 16.1. The van der Waals surface area contributed by atoms with Gasteiger partial charge in [0.25, 0.3) is 0 Å². The Morgan fingerprint density at radius 3 is 3.22 bits per heavy atom. The zero-order valence-electron chi connectivity index (χ0n) is 10.2. The van der Waals surface area contributed by atoms with Gasteiger partial charge in [0, 0.05) is 19.6 Å². The molecule has 1 aliphatic rings. The first-order chi connectivity index (χ1) is 8.70. The molecule has 18 heavy (non-hydrogen) atoms. The minimum atomic E-state index is -0.508. The van der Waals surface area contributed by atoms with E-state index in [2.05, 4.69) is 20.6 Å². The number of amides is 1. The number of nitrogens with zero attached hydrogens (tertiary/aromatic N) is 3. The lowest BCUT2D eigenvalue weighted by molar-refractivity contribution is -0.119. The van der Waals surface area contributed by atoms with Gasteiger partial charge in [0.1, 0.15) is 0 Å². The van der Waals surface area contributed by atoms with Crippen LogP contribution in [-0.4, -0.2) is 42.1 Å². The van der Waals surface area contributed by atoms with Gasteiger partial charge in [-0.2, -0.15) is 4.98 Å². The van der Waals surface area contributed by atoms with Crippen molar-refractivity contribution in [3.8, 4) is 0 Å². The van der Waals surface area contributed by atoms with Crippen molar-refractivity contribution in [3.63, 3.8) is 0 Å². The first-order valence-electron chi connectivity index (χ1n) is 5.98. The predicted octanol–water partition coefficient (Wildman–Crippen LogP) is 0.374. The summed E-state index contributed by atoms with van der Waals surface area (Å²) in [4.78, 5) is 21.0. The Labute approximate surface area is 105 Å². The molecule has 0 spiro atoms. The van der Waals surface area contributed by atoms with E-state index in [0.29, 0.717) is 25.6 Å². The second kappa shape index (κ2) is 5.61. The lowest BCUT2D eigenvalue weighted by Gasteiger charge is -2.20. The summed E-state index contributed by atoms with van der Waals surface area (Å²) in [7, 11) is 0. The fraction of sp³-hybridized carbons (Fsp3) is 0.545. The highest BCUT2D eigenvalue weighted by atomic mass is 19.1. The van der Waals surface area contributed by atoms with Crippen LogP contribution < -0.4 is 15.5 Å². The van der Waals surface area contributed by atoms with E-state index >= 15 is 0 Å². The van der Waals surface area contributed by atoms with Crippen molar-refractivity contribution in [2.24, 2.45) is 0 Å². The zero-order valence-corrected chi connectivity index (χ0v) is 10.2. The smallest absolute Gasteiger partial charge is 0.239 e. The van der Waals surface area contributed by atoms with E-state index in [1.807, 2.05) is 6.92 Å². The van der Waals surface area contributed by atoms with Gasteiger partial charge in [0.15, 0.2) is 11.6 Å². The molecular formula is C11H16FN5O. The lowest BCUT2D eigenvalue weighted by Crippen LogP contribution is -2.34. The molecule has 2 rings (SSSR count). The van der Waals surface area contributed by atoms with Crippen LogP contribution in [0.2, 0.25) is 0 Å². The Hall–Kier alpha value is -1.92. The van der Waals surface area contributed by atoms with Crippen LogP contribution >= 0.6 is 0 Å². The van der Waals surface area contributed by atoms with E-state index in [1.165, 1.54) is 0 Å². The summed E-state index contributed by atoms with van der Waals surface area (Å²) in [5.41, 5.74) is 0. The highest BCUT2D eigenvalue weighted by Gasteiger charge is 2.20. The molecule has 1 saturated heterocycles. The van der Waals surface area contributed by atoms with Crippen molar-refractivity contribution in [3.05, 3.63) is 12.0 Å². The Balaban J connectivity index is 2.24. The van der Waals surface area contributed by atoms with Crippen LogP contribution in [0.25, 0.3) is 0 Å². The molecule has 0 unspecified atom stereocenters. The number of hydrogen-bond donors (Lipinski definition) is 2. The van der Waals surface area contributed by atoms with Gasteiger partial charge < -0.3 is 15.5 Å². The van der Waals surface area contributed by atoms with Crippen LogP contribution in [0.1, 0.15) is 13.3 Å². The largest absolute Gasteiger partial charge is 0.354 e. The van der Waals surface area contributed by atoms with E-state index < -0.39 is 5.82 Å². The molecule has 0 saturated carbocycles. The van der Waals surface area contributed by atoms with E-state index in [0.717, 1.165) is 12.6 Å². The predicted molar refractivity (Wildman–Crippen MR) is 66.0 cm³/mol. The summed E-state index contributed by atoms with van der Waals surface area (Å²) in [6.07, 6.45) is 1.90. The van der Waals surface area contributed by atoms with Crippen LogP contribution in [0.5, 0.6) is 0 Å². The number of carbonyl (C=O) groups excluding carboxylic acids is 1. The SMILES string of the molecule is CCNc1ncc(F)c(N2CCCNC(=O)C2)n1. The summed E-state index contributed by atoms with van der Waals surface area (Å²) in [5.74, 6) is -0.0709. The van der Waals surface area contributed by atoms with E-state index in [-0.39, 0.29) is 18.3 Å². The maximum Gasteiger partial charge on any atom is 0.239 e. The Bertz CT molecular complexity index is 439. The fourth-order valence-electron chi connectivity index (χ4n) is 1.81. The molecule has 6 nitrogen and oxygen atoms in total. The van der Waals surface area contributed by atoms with Crippen LogP contribution in [0.4, 0.5) is 16.2 Å². The highest BCUT2D eigenvalue weighted by Crippen LogP contribution is 2.18. The number of halogens is 1. The first-order valence-corrected chi connectivity index (χ1v) is 5.98. The molecule has 1 amide bonds. The molecule has 1 aromatic rings. The highest BCUT2D eigenvalue weighted by molar-refractivity contribution is 5.81. The number of aromatic nitrogens is 2.